The lowest BCUT2D eigenvalue weighted by Gasteiger charge is -2.05. The number of benzene rings is 2. The second kappa shape index (κ2) is 4.27. The van der Waals surface area contributed by atoms with Gasteiger partial charge in [-0.3, -0.25) is 0 Å². The van der Waals surface area contributed by atoms with Gasteiger partial charge in [0.2, 0.25) is 0 Å². The number of hydrogen-bond acceptors (Lipinski definition) is 4. The van der Waals surface area contributed by atoms with Crippen LogP contribution in [-0.2, 0) is 0 Å². The maximum absolute atomic E-state index is 9.02. The Hall–Kier alpha value is -1.33. The molecule has 2 aromatic carbocycles. The molecule has 0 aliphatic rings. The van der Waals surface area contributed by atoms with E-state index in [2.05, 4.69) is 0 Å². The fraction of sp³-hybridized carbons (Fsp3) is 0. The van der Waals surface area contributed by atoms with Gasteiger partial charge in [0.1, 0.15) is 0 Å². The van der Waals surface area contributed by atoms with Crippen LogP contribution in [0.15, 0.2) is 36.4 Å². The van der Waals surface area contributed by atoms with Crippen LogP contribution in [0.3, 0.4) is 0 Å². The molecule has 2 aromatic rings. The van der Waals surface area contributed by atoms with Crippen LogP contribution in [0, 0.1) is 0 Å². The maximum atomic E-state index is 9.02. The van der Waals surface area contributed by atoms with E-state index in [4.69, 9.17) is 20.1 Å². The number of rotatable bonds is 2. The van der Waals surface area contributed by atoms with E-state index >= 15 is 0 Å². The topological polar surface area (TPSA) is 80.9 Å². The van der Waals surface area contributed by atoms with Gasteiger partial charge in [-0.25, -0.2) is 0 Å². The molecular weight excluding hydrogens is 206 g/mol. The van der Waals surface area contributed by atoms with Crippen LogP contribution in [0.5, 0.6) is 0 Å². The second-order valence-electron chi connectivity index (χ2n) is 3.61. The van der Waals surface area contributed by atoms with E-state index in [0.29, 0.717) is 10.9 Å². The Morgan fingerprint density at radius 1 is 0.625 bits per heavy atom. The minimum Gasteiger partial charge on any atom is -0.423 e. The van der Waals surface area contributed by atoms with E-state index in [9.17, 15) is 0 Å². The van der Waals surface area contributed by atoms with Crippen molar-refractivity contribution in [2.45, 2.75) is 0 Å². The summed E-state index contributed by atoms with van der Waals surface area (Å²) < 4.78 is 0. The van der Waals surface area contributed by atoms with Crippen LogP contribution in [0.2, 0.25) is 0 Å². The standard InChI is InChI=1S/C10H10B2O4/c13-11(14)9-3-1-7-2-4-10(12(15)16)6-8(7)5-9/h1-6,13-16H. The Bertz CT molecular complexity index is 470. The SMILES string of the molecule is OB(O)c1ccc2ccc(B(O)O)cc2c1. The normalized spacial score (nSPS) is 10.5. The van der Waals surface area contributed by atoms with Crippen molar-refractivity contribution in [1.82, 2.24) is 0 Å². The van der Waals surface area contributed by atoms with E-state index in [0.717, 1.165) is 10.8 Å². The van der Waals surface area contributed by atoms with Crippen LogP contribution in [0.1, 0.15) is 0 Å². The Balaban J connectivity index is 2.56. The lowest BCUT2D eigenvalue weighted by Crippen LogP contribution is -2.31. The fourth-order valence-corrected chi connectivity index (χ4v) is 1.60. The first-order valence-corrected chi connectivity index (χ1v) is 4.84. The summed E-state index contributed by atoms with van der Waals surface area (Å²) in [6, 6.07) is 9.93. The monoisotopic (exact) mass is 216 g/mol. The predicted molar refractivity (Wildman–Crippen MR) is 63.6 cm³/mol. The lowest BCUT2D eigenvalue weighted by atomic mass is 9.77. The molecule has 4 N–H and O–H groups in total. The summed E-state index contributed by atoms with van der Waals surface area (Å²) in [5, 5.41) is 37.7. The Kier molecular flexibility index (Phi) is 2.98. The summed E-state index contributed by atoms with van der Waals surface area (Å²) in [6.45, 7) is 0. The molecule has 0 saturated carbocycles. The van der Waals surface area contributed by atoms with Crippen molar-refractivity contribution in [1.29, 1.82) is 0 Å². The predicted octanol–water partition coefficient (Wildman–Crippen LogP) is -1.80. The smallest absolute Gasteiger partial charge is 0.423 e. The molecule has 0 spiro atoms. The zero-order valence-corrected chi connectivity index (χ0v) is 8.41. The molecular formula is C10H10B2O4. The van der Waals surface area contributed by atoms with Gasteiger partial charge in [0.25, 0.3) is 0 Å². The van der Waals surface area contributed by atoms with Gasteiger partial charge in [-0.15, -0.1) is 0 Å². The molecule has 80 valence electrons. The minimum atomic E-state index is -1.52. The quantitative estimate of drug-likeness (QED) is 0.446. The third-order valence-electron chi connectivity index (χ3n) is 2.48. The van der Waals surface area contributed by atoms with E-state index in [-0.39, 0.29) is 0 Å². The first-order chi connectivity index (χ1) is 7.58. The van der Waals surface area contributed by atoms with Crippen LogP contribution in [-0.4, -0.2) is 34.3 Å². The number of fused-ring (bicyclic) bond motifs is 1. The van der Waals surface area contributed by atoms with Gasteiger partial charge in [0, 0.05) is 0 Å². The summed E-state index contributed by atoms with van der Waals surface area (Å²) >= 11 is 0. The van der Waals surface area contributed by atoms with E-state index in [1.807, 2.05) is 0 Å². The molecule has 4 nitrogen and oxygen atoms in total. The summed E-state index contributed by atoms with van der Waals surface area (Å²) in [6.07, 6.45) is 0. The van der Waals surface area contributed by atoms with E-state index in [1.54, 1.807) is 36.4 Å². The minimum absolute atomic E-state index is 0.372. The molecule has 0 atom stereocenters. The first-order valence-electron chi connectivity index (χ1n) is 4.84. The fourth-order valence-electron chi connectivity index (χ4n) is 1.60. The molecule has 0 aliphatic heterocycles. The molecule has 0 radical (unpaired) electrons. The zero-order chi connectivity index (χ0) is 11.7. The molecule has 0 aromatic heterocycles. The molecule has 0 unspecified atom stereocenters. The molecule has 0 saturated heterocycles. The van der Waals surface area contributed by atoms with Gasteiger partial charge in [0.05, 0.1) is 0 Å². The average molecular weight is 216 g/mol. The Labute approximate surface area is 93.1 Å². The van der Waals surface area contributed by atoms with Gasteiger partial charge in [-0.05, 0) is 21.7 Å². The summed E-state index contributed by atoms with van der Waals surface area (Å²) in [7, 11) is -3.04. The third kappa shape index (κ3) is 2.10. The molecule has 0 aliphatic carbocycles. The van der Waals surface area contributed by atoms with Crippen molar-refractivity contribution < 1.29 is 20.1 Å². The molecule has 0 fully saturated rings. The van der Waals surface area contributed by atoms with Crippen LogP contribution in [0.4, 0.5) is 0 Å². The van der Waals surface area contributed by atoms with Gasteiger partial charge >= 0.3 is 14.2 Å². The third-order valence-corrected chi connectivity index (χ3v) is 2.48. The van der Waals surface area contributed by atoms with Gasteiger partial charge in [-0.1, -0.05) is 36.4 Å². The summed E-state index contributed by atoms with van der Waals surface area (Å²) in [5.74, 6) is 0. The Morgan fingerprint density at radius 3 is 1.44 bits per heavy atom. The molecule has 16 heavy (non-hydrogen) atoms. The van der Waals surface area contributed by atoms with E-state index in [1.165, 1.54) is 0 Å². The van der Waals surface area contributed by atoms with Crippen LogP contribution in [0.25, 0.3) is 10.8 Å². The molecule has 2 rings (SSSR count). The highest BCUT2D eigenvalue weighted by atomic mass is 16.4. The lowest BCUT2D eigenvalue weighted by molar-refractivity contribution is 0.424. The zero-order valence-electron chi connectivity index (χ0n) is 8.41. The highest BCUT2D eigenvalue weighted by Gasteiger charge is 2.13. The van der Waals surface area contributed by atoms with Crippen molar-refractivity contribution in [3.63, 3.8) is 0 Å². The molecule has 0 heterocycles. The van der Waals surface area contributed by atoms with Gasteiger partial charge in [0.15, 0.2) is 0 Å². The van der Waals surface area contributed by atoms with Gasteiger partial charge < -0.3 is 20.1 Å². The van der Waals surface area contributed by atoms with Crippen molar-refractivity contribution in [2.75, 3.05) is 0 Å². The first kappa shape index (κ1) is 11.2. The summed E-state index contributed by atoms with van der Waals surface area (Å²) in [4.78, 5) is 0. The van der Waals surface area contributed by atoms with Crippen molar-refractivity contribution >= 4 is 35.9 Å². The maximum Gasteiger partial charge on any atom is 0.488 e. The highest BCUT2D eigenvalue weighted by Crippen LogP contribution is 2.10. The molecule has 0 bridgehead atoms. The summed E-state index contributed by atoms with van der Waals surface area (Å²) in [5.41, 5.74) is 0.745. The highest BCUT2D eigenvalue weighted by molar-refractivity contribution is 6.59. The molecule has 6 heteroatoms. The van der Waals surface area contributed by atoms with Crippen LogP contribution < -0.4 is 10.9 Å². The van der Waals surface area contributed by atoms with E-state index < -0.39 is 14.2 Å². The van der Waals surface area contributed by atoms with Crippen LogP contribution >= 0.6 is 0 Å². The number of hydrogen-bond donors (Lipinski definition) is 4. The Morgan fingerprint density at radius 2 is 1.06 bits per heavy atom. The van der Waals surface area contributed by atoms with Crippen molar-refractivity contribution in [3.05, 3.63) is 36.4 Å². The average Bonchev–Trinajstić information content (AvgIpc) is 2.27. The van der Waals surface area contributed by atoms with Gasteiger partial charge in [-0.2, -0.15) is 0 Å². The van der Waals surface area contributed by atoms with Crippen molar-refractivity contribution in [3.8, 4) is 0 Å². The second-order valence-corrected chi connectivity index (χ2v) is 3.61. The molecule has 0 amide bonds. The largest absolute Gasteiger partial charge is 0.488 e. The van der Waals surface area contributed by atoms with Crippen molar-refractivity contribution in [2.24, 2.45) is 0 Å².